The summed E-state index contributed by atoms with van der Waals surface area (Å²) in [5.74, 6) is -1.93. The van der Waals surface area contributed by atoms with Crippen molar-refractivity contribution in [2.45, 2.75) is 0 Å². The number of amides is 1. The third-order valence-corrected chi connectivity index (χ3v) is 3.16. The molecule has 108 valence electrons. The number of Topliss-reactive ketones (excluding diaryl/α,β-unsaturated/α-hetero) is 1. The monoisotopic (exact) mass is 353 g/mol. The van der Waals surface area contributed by atoms with Crippen molar-refractivity contribution in [3.05, 3.63) is 69.7 Å². The second-order valence-electron chi connectivity index (χ2n) is 4.27. The maximum absolute atomic E-state index is 13.2. The second kappa shape index (κ2) is 6.58. The number of carbonyl (C=O) groups is 2. The minimum atomic E-state index is -0.564. The van der Waals surface area contributed by atoms with E-state index in [9.17, 15) is 18.4 Å². The van der Waals surface area contributed by atoms with Crippen molar-refractivity contribution in [2.24, 2.45) is 0 Å². The Morgan fingerprint density at radius 1 is 0.952 bits per heavy atom. The zero-order valence-corrected chi connectivity index (χ0v) is 12.3. The van der Waals surface area contributed by atoms with Crippen LogP contribution >= 0.6 is 15.9 Å². The van der Waals surface area contributed by atoms with Gasteiger partial charge in [-0.25, -0.2) is 8.78 Å². The van der Waals surface area contributed by atoms with Gasteiger partial charge in [-0.2, -0.15) is 0 Å². The van der Waals surface area contributed by atoms with Crippen LogP contribution in [0.25, 0.3) is 0 Å². The van der Waals surface area contributed by atoms with Crippen LogP contribution < -0.4 is 5.32 Å². The average molecular weight is 354 g/mol. The molecule has 0 saturated carbocycles. The Balaban J connectivity index is 2.00. The highest BCUT2D eigenvalue weighted by atomic mass is 79.9. The maximum Gasteiger partial charge on any atom is 0.251 e. The number of hydrogen-bond acceptors (Lipinski definition) is 2. The van der Waals surface area contributed by atoms with E-state index in [1.807, 2.05) is 0 Å². The van der Waals surface area contributed by atoms with Crippen LogP contribution in [0.4, 0.5) is 8.78 Å². The fourth-order valence-corrected chi connectivity index (χ4v) is 2.15. The number of hydrogen-bond donors (Lipinski definition) is 1. The minimum Gasteiger partial charge on any atom is -0.345 e. The zero-order chi connectivity index (χ0) is 15.4. The van der Waals surface area contributed by atoms with Gasteiger partial charge in [0, 0.05) is 15.6 Å². The van der Waals surface area contributed by atoms with Crippen LogP contribution in [0.15, 0.2) is 46.9 Å². The van der Waals surface area contributed by atoms with Gasteiger partial charge in [0.2, 0.25) is 0 Å². The third kappa shape index (κ3) is 4.19. The predicted molar refractivity (Wildman–Crippen MR) is 77.2 cm³/mol. The van der Waals surface area contributed by atoms with E-state index in [0.717, 1.165) is 6.07 Å². The quantitative estimate of drug-likeness (QED) is 0.857. The molecule has 0 bridgehead atoms. The number of benzene rings is 2. The number of ketones is 1. The fraction of sp³-hybridized carbons (Fsp3) is 0.0667. The van der Waals surface area contributed by atoms with E-state index in [-0.39, 0.29) is 23.5 Å². The molecule has 2 aromatic rings. The Morgan fingerprint density at radius 2 is 1.62 bits per heavy atom. The van der Waals surface area contributed by atoms with E-state index >= 15 is 0 Å². The minimum absolute atomic E-state index is 0.105. The van der Waals surface area contributed by atoms with Crippen molar-refractivity contribution in [1.29, 1.82) is 0 Å². The lowest BCUT2D eigenvalue weighted by molar-refractivity contribution is 0.0904. The first-order valence-electron chi connectivity index (χ1n) is 5.99. The summed E-state index contributed by atoms with van der Waals surface area (Å²) in [7, 11) is 0. The Labute approximate surface area is 128 Å². The summed E-state index contributed by atoms with van der Waals surface area (Å²) in [5, 5.41) is 2.40. The van der Waals surface area contributed by atoms with E-state index in [0.29, 0.717) is 4.47 Å². The van der Waals surface area contributed by atoms with Gasteiger partial charge < -0.3 is 5.32 Å². The Kier molecular flexibility index (Phi) is 4.80. The molecule has 3 nitrogen and oxygen atoms in total. The number of carbonyl (C=O) groups excluding carboxylic acids is 2. The molecule has 0 unspecified atom stereocenters. The van der Waals surface area contributed by atoms with Crippen LogP contribution in [0, 0.1) is 11.6 Å². The van der Waals surface area contributed by atoms with Gasteiger partial charge >= 0.3 is 0 Å². The maximum atomic E-state index is 13.2. The van der Waals surface area contributed by atoms with Gasteiger partial charge in [0.1, 0.15) is 11.6 Å². The van der Waals surface area contributed by atoms with Crippen molar-refractivity contribution in [3.8, 4) is 0 Å². The van der Waals surface area contributed by atoms with E-state index < -0.39 is 17.5 Å². The molecular weight excluding hydrogens is 344 g/mol. The van der Waals surface area contributed by atoms with Gasteiger partial charge in [0.15, 0.2) is 5.78 Å². The van der Waals surface area contributed by atoms with Crippen molar-refractivity contribution >= 4 is 27.6 Å². The van der Waals surface area contributed by atoms with Gasteiger partial charge in [-0.1, -0.05) is 15.9 Å². The Morgan fingerprint density at radius 3 is 2.24 bits per heavy atom. The van der Waals surface area contributed by atoms with Gasteiger partial charge in [-0.3, -0.25) is 9.59 Å². The molecule has 0 aliphatic rings. The average Bonchev–Trinajstić information content (AvgIpc) is 2.44. The van der Waals surface area contributed by atoms with Gasteiger partial charge in [-0.05, 0) is 42.5 Å². The fourth-order valence-electron chi connectivity index (χ4n) is 1.69. The second-order valence-corrected chi connectivity index (χ2v) is 5.19. The van der Waals surface area contributed by atoms with E-state index in [1.54, 1.807) is 0 Å². The first kappa shape index (κ1) is 15.3. The number of halogens is 3. The molecule has 1 amide bonds. The normalized spacial score (nSPS) is 10.2. The molecule has 1 N–H and O–H groups in total. The van der Waals surface area contributed by atoms with E-state index in [4.69, 9.17) is 0 Å². The molecule has 0 radical (unpaired) electrons. The molecular formula is C15H10BrF2NO2. The Hall–Kier alpha value is -2.08. The third-order valence-electron chi connectivity index (χ3n) is 2.70. The highest BCUT2D eigenvalue weighted by molar-refractivity contribution is 9.10. The van der Waals surface area contributed by atoms with Crippen LogP contribution in [-0.4, -0.2) is 18.2 Å². The summed E-state index contributed by atoms with van der Waals surface area (Å²) in [5.41, 5.74) is 0.394. The molecule has 0 saturated heterocycles. The summed E-state index contributed by atoms with van der Waals surface area (Å²) in [6.45, 7) is -0.251. The van der Waals surface area contributed by atoms with Crippen LogP contribution in [0.5, 0.6) is 0 Å². The van der Waals surface area contributed by atoms with Crippen LogP contribution in [0.2, 0.25) is 0 Å². The lowest BCUT2D eigenvalue weighted by Gasteiger charge is -2.05. The van der Waals surface area contributed by atoms with E-state index in [2.05, 4.69) is 21.2 Å². The van der Waals surface area contributed by atoms with Crippen LogP contribution in [0.1, 0.15) is 20.7 Å². The smallest absolute Gasteiger partial charge is 0.251 e. The molecule has 0 atom stereocenters. The molecule has 2 rings (SSSR count). The summed E-state index contributed by atoms with van der Waals surface area (Å²) < 4.78 is 26.3. The lowest BCUT2D eigenvalue weighted by Crippen LogP contribution is -2.29. The molecule has 0 heterocycles. The predicted octanol–water partition coefficient (Wildman–Crippen LogP) is 3.34. The van der Waals surface area contributed by atoms with Crippen LogP contribution in [-0.2, 0) is 0 Å². The number of rotatable bonds is 4. The summed E-state index contributed by atoms with van der Waals surface area (Å²) in [6, 6.07) is 8.74. The summed E-state index contributed by atoms with van der Waals surface area (Å²) in [6.07, 6.45) is 0. The molecule has 0 fully saturated rings. The molecule has 21 heavy (non-hydrogen) atoms. The molecule has 0 aromatic heterocycles. The molecule has 0 aliphatic heterocycles. The van der Waals surface area contributed by atoms with Gasteiger partial charge in [0.25, 0.3) is 5.91 Å². The van der Waals surface area contributed by atoms with Crippen molar-refractivity contribution in [3.63, 3.8) is 0 Å². The largest absolute Gasteiger partial charge is 0.345 e. The standard InChI is InChI=1S/C15H10BrF2NO2/c16-11-5-10(6-13(18)7-11)15(21)19-8-14(20)9-1-3-12(17)4-2-9/h1-7H,8H2,(H,19,21). The van der Waals surface area contributed by atoms with Crippen molar-refractivity contribution < 1.29 is 18.4 Å². The van der Waals surface area contributed by atoms with E-state index in [1.165, 1.54) is 36.4 Å². The summed E-state index contributed by atoms with van der Waals surface area (Å²) >= 11 is 3.08. The highest BCUT2D eigenvalue weighted by Crippen LogP contribution is 2.14. The van der Waals surface area contributed by atoms with Crippen LogP contribution in [0.3, 0.4) is 0 Å². The summed E-state index contributed by atoms with van der Waals surface area (Å²) in [4.78, 5) is 23.6. The Bertz CT molecular complexity index is 666. The molecule has 2 aromatic carbocycles. The molecule has 0 spiro atoms. The topological polar surface area (TPSA) is 46.2 Å². The van der Waals surface area contributed by atoms with Crippen molar-refractivity contribution in [1.82, 2.24) is 5.32 Å². The molecule has 0 aliphatic carbocycles. The van der Waals surface area contributed by atoms with Gasteiger partial charge in [-0.15, -0.1) is 0 Å². The van der Waals surface area contributed by atoms with Crippen molar-refractivity contribution in [2.75, 3.05) is 6.54 Å². The first-order valence-corrected chi connectivity index (χ1v) is 6.78. The van der Waals surface area contributed by atoms with Gasteiger partial charge in [0.05, 0.1) is 6.54 Å². The first-order chi connectivity index (χ1) is 9.95. The molecule has 6 heteroatoms. The lowest BCUT2D eigenvalue weighted by atomic mass is 10.1. The highest BCUT2D eigenvalue weighted by Gasteiger charge is 2.11. The zero-order valence-electron chi connectivity index (χ0n) is 10.7. The number of nitrogens with one attached hydrogen (secondary N) is 1. The SMILES string of the molecule is O=C(CNC(=O)c1cc(F)cc(Br)c1)c1ccc(F)cc1.